The molecular formula is C20H18N2O9S. The van der Waals surface area contributed by atoms with Crippen molar-refractivity contribution in [3.63, 3.8) is 0 Å². The van der Waals surface area contributed by atoms with E-state index in [-0.39, 0.29) is 50.2 Å². The summed E-state index contributed by atoms with van der Waals surface area (Å²) in [5.41, 5.74) is -1.09. The molecule has 0 saturated carbocycles. The molecule has 8 N–H and O–H groups in total. The van der Waals surface area contributed by atoms with Gasteiger partial charge in [0.2, 0.25) is 12.5 Å². The van der Waals surface area contributed by atoms with Crippen LogP contribution in [0.3, 0.4) is 0 Å². The molecule has 0 saturated heterocycles. The largest absolute Gasteiger partial charge is 0.507 e. The summed E-state index contributed by atoms with van der Waals surface area (Å²) in [6, 6.07) is 9.11. The minimum atomic E-state index is -3.74. The molecule has 5 rings (SSSR count). The molecule has 3 aromatic rings. The average Bonchev–Trinajstić information content (AvgIpc) is 3.25. The van der Waals surface area contributed by atoms with Crippen LogP contribution in [0.15, 0.2) is 46.1 Å². The summed E-state index contributed by atoms with van der Waals surface area (Å²) in [4.78, 5) is 15.2. The van der Waals surface area contributed by atoms with Crippen LogP contribution >= 0.6 is 10.8 Å². The van der Waals surface area contributed by atoms with Crippen molar-refractivity contribution in [3.05, 3.63) is 57.3 Å². The molecule has 11 nitrogen and oxygen atoms in total. The second kappa shape index (κ2) is 7.05. The van der Waals surface area contributed by atoms with Crippen molar-refractivity contribution < 1.29 is 39.0 Å². The molecule has 1 aliphatic heterocycles. The zero-order valence-electron chi connectivity index (χ0n) is 16.1. The number of fused-ring (bicyclic) bond motifs is 4. The minimum absolute atomic E-state index is 0.0220. The molecule has 0 amide bonds. The third-order valence-electron chi connectivity index (χ3n) is 5.35. The maximum atomic E-state index is 12.7. The Morgan fingerprint density at radius 1 is 1.06 bits per heavy atom. The van der Waals surface area contributed by atoms with Gasteiger partial charge in [-0.2, -0.15) is 0 Å². The third-order valence-corrected chi connectivity index (χ3v) is 6.78. The second-order valence-corrected chi connectivity index (χ2v) is 9.01. The Bertz CT molecular complexity index is 1440. The monoisotopic (exact) mass is 462 g/mol. The van der Waals surface area contributed by atoms with Crippen molar-refractivity contribution in [2.75, 3.05) is 6.79 Å². The molecule has 2 aliphatic rings. The zero-order valence-corrected chi connectivity index (χ0v) is 17.0. The summed E-state index contributed by atoms with van der Waals surface area (Å²) in [6.45, 7) is -0.193. The fourth-order valence-corrected chi connectivity index (χ4v) is 5.02. The van der Waals surface area contributed by atoms with Gasteiger partial charge in [-0.05, 0) is 18.2 Å². The highest BCUT2D eigenvalue weighted by Crippen LogP contribution is 2.46. The Balaban J connectivity index is 1.90. The van der Waals surface area contributed by atoms with E-state index >= 15 is 0 Å². The van der Waals surface area contributed by atoms with Crippen LogP contribution in [0.4, 0.5) is 0 Å². The molecule has 2 heterocycles. The first-order chi connectivity index (χ1) is 15.2. The van der Waals surface area contributed by atoms with Crippen molar-refractivity contribution >= 4 is 33.0 Å². The number of aliphatic hydroxyl groups excluding tert-OH is 3. The summed E-state index contributed by atoms with van der Waals surface area (Å²) < 4.78 is 34.5. The van der Waals surface area contributed by atoms with Gasteiger partial charge >= 0.3 is 0 Å². The van der Waals surface area contributed by atoms with Crippen molar-refractivity contribution in [2.45, 2.75) is 17.1 Å². The van der Waals surface area contributed by atoms with Crippen LogP contribution in [-0.4, -0.2) is 53.5 Å². The molecule has 32 heavy (non-hydrogen) atoms. The Kier molecular flexibility index (Phi) is 4.51. The molecule has 0 bridgehead atoms. The van der Waals surface area contributed by atoms with E-state index in [1.54, 1.807) is 18.2 Å². The predicted octanol–water partition coefficient (Wildman–Crippen LogP) is -0.214. The molecule has 2 aromatic carbocycles. The lowest BCUT2D eigenvalue weighted by atomic mass is 9.97. The van der Waals surface area contributed by atoms with E-state index in [1.807, 2.05) is 0 Å². The quantitative estimate of drug-likeness (QED) is 0.259. The second-order valence-electron chi connectivity index (χ2n) is 7.24. The third kappa shape index (κ3) is 2.89. The number of aromatic amines is 1. The van der Waals surface area contributed by atoms with Crippen LogP contribution < -0.4 is 30.3 Å². The van der Waals surface area contributed by atoms with Crippen LogP contribution in [0, 0.1) is 0 Å². The molecule has 1 aliphatic carbocycles. The fraction of sp³-hybridized carbons (Fsp3) is 0.150. The van der Waals surface area contributed by atoms with E-state index in [1.165, 1.54) is 18.2 Å². The molecule has 0 fully saturated rings. The molecule has 0 radical (unpaired) electrons. The van der Waals surface area contributed by atoms with Crippen LogP contribution in [0.25, 0.3) is 22.2 Å². The highest BCUT2D eigenvalue weighted by Gasteiger charge is 2.35. The molecule has 2 atom stereocenters. The van der Waals surface area contributed by atoms with Gasteiger partial charge in [-0.3, -0.25) is 18.6 Å². The molecule has 1 aromatic heterocycles. The van der Waals surface area contributed by atoms with Gasteiger partial charge in [0.05, 0.1) is 21.3 Å². The first kappa shape index (κ1) is 20.5. The summed E-state index contributed by atoms with van der Waals surface area (Å²) in [5, 5.41) is 41.6. The molecule has 0 unspecified atom stereocenters. The van der Waals surface area contributed by atoms with Crippen molar-refractivity contribution in [3.8, 4) is 17.2 Å². The summed E-state index contributed by atoms with van der Waals surface area (Å²) in [5.74, 6) is -1.19. The topological polar surface area (TPSA) is 185 Å². The zero-order chi connectivity index (χ0) is 22.8. The lowest BCUT2D eigenvalue weighted by Crippen LogP contribution is -2.52. The number of aromatic hydroxyl groups is 1. The molecular weight excluding hydrogens is 444 g/mol. The van der Waals surface area contributed by atoms with Gasteiger partial charge in [-0.15, -0.1) is 0 Å². The Morgan fingerprint density at radius 3 is 2.50 bits per heavy atom. The summed E-state index contributed by atoms with van der Waals surface area (Å²) >= 11 is 0. The predicted molar refractivity (Wildman–Crippen MR) is 114 cm³/mol. The van der Waals surface area contributed by atoms with Gasteiger partial charge in [0, 0.05) is 10.6 Å². The molecule has 0 spiro atoms. The van der Waals surface area contributed by atoms with Gasteiger partial charge in [0.15, 0.2) is 11.5 Å². The fourth-order valence-electron chi connectivity index (χ4n) is 3.83. The Morgan fingerprint density at radius 2 is 1.78 bits per heavy atom. The lowest BCUT2D eigenvalue weighted by Gasteiger charge is -2.37. The van der Waals surface area contributed by atoms with Gasteiger partial charge < -0.3 is 34.9 Å². The van der Waals surface area contributed by atoms with E-state index in [4.69, 9.17) is 9.47 Å². The van der Waals surface area contributed by atoms with E-state index in [0.717, 1.165) is 0 Å². The maximum absolute atomic E-state index is 12.7. The number of hydrogen-bond donors (Lipinski definition) is 8. The van der Waals surface area contributed by atoms with Crippen molar-refractivity contribution in [2.24, 2.45) is 0 Å². The van der Waals surface area contributed by atoms with E-state index in [9.17, 15) is 34.3 Å². The molecule has 168 valence electrons. The van der Waals surface area contributed by atoms with Crippen LogP contribution in [0.2, 0.25) is 0 Å². The highest BCUT2D eigenvalue weighted by molar-refractivity contribution is 8.22. The number of aromatic nitrogens is 1. The minimum Gasteiger partial charge on any atom is -0.507 e. The van der Waals surface area contributed by atoms with Gasteiger partial charge in [-0.25, -0.2) is 0 Å². The van der Waals surface area contributed by atoms with Crippen LogP contribution in [0.1, 0.15) is 0 Å². The first-order valence-electron chi connectivity index (χ1n) is 9.33. The van der Waals surface area contributed by atoms with Crippen molar-refractivity contribution in [1.82, 2.24) is 9.71 Å². The number of phenols is 1. The number of H-pyrrole nitrogens is 1. The highest BCUT2D eigenvalue weighted by atomic mass is 32.3. The van der Waals surface area contributed by atoms with Gasteiger partial charge in [0.25, 0.3) is 5.56 Å². The Hall–Kier alpha value is -3.42. The number of benzene rings is 2. The van der Waals surface area contributed by atoms with Crippen LogP contribution in [0.5, 0.6) is 17.2 Å². The number of nitrogens with one attached hydrogen (secondary N) is 2. The Labute approximate surface area is 180 Å². The number of pyridine rings is 1. The van der Waals surface area contributed by atoms with Gasteiger partial charge in [0.1, 0.15) is 18.0 Å². The van der Waals surface area contributed by atoms with E-state index in [2.05, 4.69) is 9.71 Å². The number of hydrogen-bond acceptors (Lipinski definition) is 10. The lowest BCUT2D eigenvalue weighted by molar-refractivity contribution is 0.0706. The van der Waals surface area contributed by atoms with Crippen LogP contribution in [-0.2, 0) is 0 Å². The number of rotatable bonds is 3. The average molecular weight is 462 g/mol. The first-order valence-corrected chi connectivity index (χ1v) is 10.9. The normalized spacial score (nSPS) is 20.4. The maximum Gasteiger partial charge on any atom is 0.260 e. The van der Waals surface area contributed by atoms with E-state index in [0.29, 0.717) is 0 Å². The molecule has 12 heteroatoms. The summed E-state index contributed by atoms with van der Waals surface area (Å²) in [7, 11) is -3.74. The summed E-state index contributed by atoms with van der Waals surface area (Å²) in [6.07, 6.45) is -3.69. The smallest absolute Gasteiger partial charge is 0.260 e. The number of phenolic OH excluding ortho intramolecular Hbond substituents is 1. The van der Waals surface area contributed by atoms with Crippen molar-refractivity contribution in [1.29, 1.82) is 0 Å². The SMILES string of the molecule is O=c1[nH]c2c(c3cc4c(c(O)c13)OCO4)=C(NS(O)(O)c1ccccc1)[C@H](O)[C@@H](O)C=2O. The number of ether oxygens (including phenoxy) is 2. The van der Waals surface area contributed by atoms with E-state index < -0.39 is 40.1 Å². The standard InChI is InChI=1S/C20H18N2O9S/c23-15-12-9(6-10-19(15)31-7-30-10)11-13(21-20(12)27)16(24)18(26)17(25)14(11)22-32(28,29)8-4-2-1-3-5-8/h1-6,17-18,22-26,28-29H,7H2,(H,21,27)/t17-,18-/m0/s1. The van der Waals surface area contributed by atoms with Gasteiger partial charge in [-0.1, -0.05) is 29.0 Å². The number of aliphatic hydroxyl groups is 3.